The minimum atomic E-state index is -0.263. The third kappa shape index (κ3) is 0.415. The molecule has 0 unspecified atom stereocenters. The molecular formula is C8H14N2O. The van der Waals surface area contributed by atoms with Crippen LogP contribution in [0.3, 0.4) is 0 Å². The molecule has 2 fully saturated rings. The second kappa shape index (κ2) is 1.46. The molecule has 0 spiro atoms. The molecule has 2 aliphatic heterocycles. The Morgan fingerprint density at radius 1 is 1.55 bits per heavy atom. The summed E-state index contributed by atoms with van der Waals surface area (Å²) in [5.41, 5.74) is -0.203. The summed E-state index contributed by atoms with van der Waals surface area (Å²) in [5, 5.41) is 3.25. The number of rotatable bonds is 0. The van der Waals surface area contributed by atoms with Crippen molar-refractivity contribution in [3.63, 3.8) is 0 Å². The Balaban J connectivity index is 2.35. The number of fused-ring (bicyclic) bond motifs is 1. The number of likely N-dealkylation sites (tertiary alicyclic amines) is 1. The van der Waals surface area contributed by atoms with Gasteiger partial charge in [0.2, 0.25) is 5.91 Å². The molecule has 62 valence electrons. The van der Waals surface area contributed by atoms with Crippen molar-refractivity contribution in [1.29, 1.82) is 0 Å². The third-order valence-electron chi connectivity index (χ3n) is 3.79. The van der Waals surface area contributed by atoms with E-state index in [9.17, 15) is 4.79 Å². The smallest absolute Gasteiger partial charge is 0.245 e. The molecule has 2 heterocycles. The van der Waals surface area contributed by atoms with Crippen molar-refractivity contribution in [2.75, 3.05) is 7.05 Å². The highest BCUT2D eigenvalue weighted by atomic mass is 16.2. The van der Waals surface area contributed by atoms with Crippen LogP contribution in [0.1, 0.15) is 20.8 Å². The van der Waals surface area contributed by atoms with E-state index in [4.69, 9.17) is 0 Å². The zero-order valence-corrected chi connectivity index (χ0v) is 7.43. The standard InChI is InChI=1S/C8H14N2O/c1-5-8(3)7(2,9-5)6(11)10(8)4/h5,9H,1-4H3/t5-,7+,8-/m0/s1. The Labute approximate surface area is 66.8 Å². The molecule has 0 aromatic rings. The molecule has 1 amide bonds. The van der Waals surface area contributed by atoms with E-state index in [-0.39, 0.29) is 17.0 Å². The Kier molecular flexibility index (Phi) is 0.942. The van der Waals surface area contributed by atoms with E-state index in [1.165, 1.54) is 0 Å². The van der Waals surface area contributed by atoms with Gasteiger partial charge < -0.3 is 4.90 Å². The number of carbonyl (C=O) groups is 1. The van der Waals surface area contributed by atoms with Crippen LogP contribution in [0, 0.1) is 0 Å². The normalized spacial score (nSPS) is 54.7. The summed E-state index contributed by atoms with van der Waals surface area (Å²) < 4.78 is 0. The van der Waals surface area contributed by atoms with Crippen molar-refractivity contribution in [2.45, 2.75) is 37.9 Å². The van der Waals surface area contributed by atoms with Crippen molar-refractivity contribution in [3.05, 3.63) is 0 Å². The average molecular weight is 154 g/mol. The summed E-state index contributed by atoms with van der Waals surface area (Å²) in [6.07, 6.45) is 0. The number of nitrogens with zero attached hydrogens (tertiary/aromatic N) is 1. The third-order valence-corrected chi connectivity index (χ3v) is 3.79. The van der Waals surface area contributed by atoms with Crippen molar-refractivity contribution >= 4 is 5.91 Å². The van der Waals surface area contributed by atoms with Crippen molar-refractivity contribution < 1.29 is 4.79 Å². The average Bonchev–Trinajstić information content (AvgIpc) is 2.00. The zero-order valence-electron chi connectivity index (χ0n) is 7.43. The monoisotopic (exact) mass is 154 g/mol. The van der Waals surface area contributed by atoms with Gasteiger partial charge in [0.25, 0.3) is 0 Å². The summed E-state index contributed by atoms with van der Waals surface area (Å²) >= 11 is 0. The van der Waals surface area contributed by atoms with Gasteiger partial charge in [-0.15, -0.1) is 0 Å². The molecule has 11 heavy (non-hydrogen) atoms. The Hall–Kier alpha value is -0.570. The molecule has 3 heteroatoms. The lowest BCUT2D eigenvalue weighted by atomic mass is 9.58. The highest BCUT2D eigenvalue weighted by molar-refractivity contribution is 5.97. The number of likely N-dealkylation sites (N-methyl/N-ethyl adjacent to an activating group) is 1. The summed E-state index contributed by atoms with van der Waals surface area (Å²) in [6, 6.07) is 0.426. The minimum Gasteiger partial charge on any atom is -0.335 e. The van der Waals surface area contributed by atoms with Crippen LogP contribution in [0.2, 0.25) is 0 Å². The largest absolute Gasteiger partial charge is 0.335 e. The number of hydrogen-bond donors (Lipinski definition) is 1. The molecular weight excluding hydrogens is 140 g/mol. The van der Waals surface area contributed by atoms with Crippen LogP contribution in [-0.4, -0.2) is 35.0 Å². The van der Waals surface area contributed by atoms with Crippen LogP contribution in [0.15, 0.2) is 0 Å². The van der Waals surface area contributed by atoms with Gasteiger partial charge in [-0.1, -0.05) is 0 Å². The van der Waals surface area contributed by atoms with Crippen LogP contribution < -0.4 is 5.32 Å². The van der Waals surface area contributed by atoms with E-state index in [0.29, 0.717) is 6.04 Å². The molecule has 2 rings (SSSR count). The quantitative estimate of drug-likeness (QED) is 0.497. The highest BCUT2D eigenvalue weighted by Crippen LogP contribution is 2.49. The first-order chi connectivity index (χ1) is 4.94. The van der Waals surface area contributed by atoms with E-state index in [1.54, 1.807) is 0 Å². The fraction of sp³-hybridized carbons (Fsp3) is 0.875. The van der Waals surface area contributed by atoms with Gasteiger partial charge in [-0.3, -0.25) is 10.1 Å². The second-order valence-electron chi connectivity index (χ2n) is 4.00. The molecule has 0 saturated carbocycles. The number of nitrogens with one attached hydrogen (secondary N) is 1. The molecule has 1 N–H and O–H groups in total. The topological polar surface area (TPSA) is 32.3 Å². The number of hydrogen-bond acceptors (Lipinski definition) is 2. The zero-order chi connectivity index (χ0) is 8.44. The molecule has 3 nitrogen and oxygen atoms in total. The fourth-order valence-electron chi connectivity index (χ4n) is 2.47. The summed E-state index contributed by atoms with van der Waals surface area (Å²) in [6.45, 7) is 6.23. The van der Waals surface area contributed by atoms with E-state index >= 15 is 0 Å². The Bertz CT molecular complexity index is 240. The Morgan fingerprint density at radius 2 is 2.09 bits per heavy atom. The number of β-lactam (4-membered cyclic amide) rings is 1. The maximum Gasteiger partial charge on any atom is 0.245 e. The van der Waals surface area contributed by atoms with E-state index in [1.807, 2.05) is 18.9 Å². The van der Waals surface area contributed by atoms with Gasteiger partial charge in [-0.05, 0) is 20.8 Å². The molecule has 2 saturated heterocycles. The number of piperazine rings is 1. The van der Waals surface area contributed by atoms with E-state index < -0.39 is 0 Å². The molecule has 0 radical (unpaired) electrons. The predicted octanol–water partition coefficient (Wildman–Crippen LogP) is -0.0325. The first-order valence-electron chi connectivity index (χ1n) is 4.00. The first kappa shape index (κ1) is 7.10. The number of carbonyl (C=O) groups excluding carboxylic acids is 1. The van der Waals surface area contributed by atoms with Crippen LogP contribution >= 0.6 is 0 Å². The fourth-order valence-corrected chi connectivity index (χ4v) is 2.47. The van der Waals surface area contributed by atoms with E-state index in [0.717, 1.165) is 0 Å². The van der Waals surface area contributed by atoms with Gasteiger partial charge in [0.15, 0.2) is 0 Å². The van der Waals surface area contributed by atoms with Crippen LogP contribution in [0.25, 0.3) is 0 Å². The lowest BCUT2D eigenvalue weighted by molar-refractivity contribution is -0.202. The molecule has 0 aromatic heterocycles. The maximum atomic E-state index is 11.4. The lowest BCUT2D eigenvalue weighted by Gasteiger charge is -2.72. The van der Waals surface area contributed by atoms with Gasteiger partial charge >= 0.3 is 0 Å². The highest BCUT2D eigenvalue weighted by Gasteiger charge is 2.74. The SMILES string of the molecule is C[C@@H]1N[C@]2(C)C(=O)N(C)[C@@]12C. The van der Waals surface area contributed by atoms with Crippen LogP contribution in [0.5, 0.6) is 0 Å². The molecule has 0 aromatic carbocycles. The van der Waals surface area contributed by atoms with Crippen molar-refractivity contribution in [1.82, 2.24) is 10.2 Å². The lowest BCUT2D eigenvalue weighted by Crippen LogP contribution is -2.97. The van der Waals surface area contributed by atoms with Crippen LogP contribution in [-0.2, 0) is 4.79 Å². The van der Waals surface area contributed by atoms with Crippen molar-refractivity contribution in [2.24, 2.45) is 0 Å². The van der Waals surface area contributed by atoms with Gasteiger partial charge in [0.05, 0.1) is 5.54 Å². The maximum absolute atomic E-state index is 11.4. The number of amides is 1. The summed E-state index contributed by atoms with van der Waals surface area (Å²) in [4.78, 5) is 13.2. The summed E-state index contributed by atoms with van der Waals surface area (Å²) in [7, 11) is 1.88. The van der Waals surface area contributed by atoms with Gasteiger partial charge in [-0.2, -0.15) is 0 Å². The van der Waals surface area contributed by atoms with Crippen molar-refractivity contribution in [3.8, 4) is 0 Å². The summed E-state index contributed by atoms with van der Waals surface area (Å²) in [5.74, 6) is 0.220. The first-order valence-corrected chi connectivity index (χ1v) is 4.00. The van der Waals surface area contributed by atoms with Gasteiger partial charge in [0.1, 0.15) is 5.54 Å². The molecule has 0 bridgehead atoms. The molecule has 2 aliphatic rings. The van der Waals surface area contributed by atoms with Gasteiger partial charge in [-0.25, -0.2) is 0 Å². The second-order valence-corrected chi connectivity index (χ2v) is 4.00. The Morgan fingerprint density at radius 3 is 2.36 bits per heavy atom. The van der Waals surface area contributed by atoms with E-state index in [2.05, 4.69) is 19.2 Å². The van der Waals surface area contributed by atoms with Gasteiger partial charge in [0, 0.05) is 13.1 Å². The molecule has 3 atom stereocenters. The van der Waals surface area contributed by atoms with Crippen LogP contribution in [0.4, 0.5) is 0 Å². The molecule has 0 aliphatic carbocycles. The minimum absolute atomic E-state index is 0.0596. The predicted molar refractivity (Wildman–Crippen MR) is 42.2 cm³/mol.